The van der Waals surface area contributed by atoms with Crippen molar-refractivity contribution in [3.05, 3.63) is 34.9 Å². The average Bonchev–Trinajstić information content (AvgIpc) is 2.33. The Morgan fingerprint density at radius 3 is 2.94 bits per heavy atom. The Kier molecular flexibility index (Phi) is 3.99. The third-order valence-corrected chi connectivity index (χ3v) is 3.51. The van der Waals surface area contributed by atoms with Crippen molar-refractivity contribution in [1.29, 1.82) is 0 Å². The van der Waals surface area contributed by atoms with E-state index >= 15 is 0 Å². The molecule has 0 saturated carbocycles. The Morgan fingerprint density at radius 2 is 2.28 bits per heavy atom. The molecule has 1 aliphatic rings. The molecule has 98 valence electrons. The van der Waals surface area contributed by atoms with Crippen LogP contribution >= 0.6 is 0 Å². The first-order chi connectivity index (χ1) is 8.58. The van der Waals surface area contributed by atoms with Gasteiger partial charge in [0.05, 0.1) is 0 Å². The number of piperazine rings is 1. The summed E-state index contributed by atoms with van der Waals surface area (Å²) < 4.78 is 0. The van der Waals surface area contributed by atoms with Crippen LogP contribution in [0.5, 0.6) is 0 Å². The van der Waals surface area contributed by atoms with Gasteiger partial charge in [0.25, 0.3) is 0 Å². The molecule has 0 radical (unpaired) electrons. The minimum absolute atomic E-state index is 0.417. The molecule has 1 unspecified atom stereocenters. The van der Waals surface area contributed by atoms with Crippen molar-refractivity contribution in [2.45, 2.75) is 26.4 Å². The molecular formula is C14H20N2O2. The Morgan fingerprint density at radius 1 is 1.50 bits per heavy atom. The molecule has 1 saturated heterocycles. The molecule has 0 aromatic heterocycles. The Hall–Kier alpha value is -1.39. The fraction of sp³-hybridized carbons (Fsp3) is 0.500. The first-order valence-electron chi connectivity index (χ1n) is 6.31. The summed E-state index contributed by atoms with van der Waals surface area (Å²) in [6.45, 7) is 7.03. The summed E-state index contributed by atoms with van der Waals surface area (Å²) >= 11 is 0. The molecule has 0 amide bonds. The number of aryl methyl sites for hydroxylation is 2. The molecule has 4 nitrogen and oxygen atoms in total. The lowest BCUT2D eigenvalue weighted by Gasteiger charge is -2.33. The molecule has 1 fully saturated rings. The van der Waals surface area contributed by atoms with Crippen LogP contribution in [-0.2, 0) is 11.3 Å². The number of carboxylic acid groups (broad SMARTS) is 1. The minimum Gasteiger partial charge on any atom is -0.480 e. The van der Waals surface area contributed by atoms with Gasteiger partial charge in [-0.2, -0.15) is 0 Å². The summed E-state index contributed by atoms with van der Waals surface area (Å²) in [5, 5.41) is 12.4. The van der Waals surface area contributed by atoms with Crippen LogP contribution in [-0.4, -0.2) is 41.7 Å². The molecular weight excluding hydrogens is 228 g/mol. The van der Waals surface area contributed by atoms with Crippen LogP contribution in [0.25, 0.3) is 0 Å². The van der Waals surface area contributed by atoms with Gasteiger partial charge in [-0.25, -0.2) is 0 Å². The second-order valence-corrected chi connectivity index (χ2v) is 4.96. The Labute approximate surface area is 108 Å². The summed E-state index contributed by atoms with van der Waals surface area (Å²) in [5.74, 6) is -0.744. The number of nitrogens with zero attached hydrogens (tertiary/aromatic N) is 1. The van der Waals surface area contributed by atoms with Crippen LogP contribution in [0.1, 0.15) is 16.7 Å². The molecule has 2 rings (SSSR count). The van der Waals surface area contributed by atoms with Gasteiger partial charge >= 0.3 is 5.97 Å². The molecule has 0 bridgehead atoms. The highest BCUT2D eigenvalue weighted by Gasteiger charge is 2.28. The summed E-state index contributed by atoms with van der Waals surface area (Å²) in [7, 11) is 0. The lowest BCUT2D eigenvalue weighted by Crippen LogP contribution is -2.54. The van der Waals surface area contributed by atoms with Gasteiger partial charge in [-0.05, 0) is 25.0 Å². The lowest BCUT2D eigenvalue weighted by atomic mass is 10.0. The highest BCUT2D eigenvalue weighted by Crippen LogP contribution is 2.15. The topological polar surface area (TPSA) is 52.6 Å². The number of rotatable bonds is 3. The third-order valence-electron chi connectivity index (χ3n) is 3.51. The first kappa shape index (κ1) is 13.1. The largest absolute Gasteiger partial charge is 0.480 e. The average molecular weight is 248 g/mol. The smallest absolute Gasteiger partial charge is 0.322 e. The van der Waals surface area contributed by atoms with E-state index in [1.54, 1.807) is 0 Å². The van der Waals surface area contributed by atoms with Gasteiger partial charge in [0.15, 0.2) is 0 Å². The molecule has 1 heterocycles. The minimum atomic E-state index is -0.744. The number of hydrogen-bond acceptors (Lipinski definition) is 3. The normalized spacial score (nSPS) is 20.9. The van der Waals surface area contributed by atoms with Gasteiger partial charge in [-0.15, -0.1) is 0 Å². The van der Waals surface area contributed by atoms with Gasteiger partial charge in [0.2, 0.25) is 0 Å². The SMILES string of the molecule is Cc1ccc(CN2CCNCC2C(=O)O)c(C)c1. The quantitative estimate of drug-likeness (QED) is 0.843. The van der Waals surface area contributed by atoms with Crippen LogP contribution in [0.15, 0.2) is 18.2 Å². The first-order valence-corrected chi connectivity index (χ1v) is 6.31. The van der Waals surface area contributed by atoms with E-state index in [1.807, 2.05) is 4.90 Å². The van der Waals surface area contributed by atoms with E-state index in [9.17, 15) is 9.90 Å². The third kappa shape index (κ3) is 2.89. The van der Waals surface area contributed by atoms with Crippen molar-refractivity contribution in [3.8, 4) is 0 Å². The van der Waals surface area contributed by atoms with Crippen LogP contribution < -0.4 is 5.32 Å². The van der Waals surface area contributed by atoms with Crippen LogP contribution in [0.2, 0.25) is 0 Å². The number of benzene rings is 1. The molecule has 1 aliphatic heterocycles. The van der Waals surface area contributed by atoms with Crippen LogP contribution in [0.3, 0.4) is 0 Å². The highest BCUT2D eigenvalue weighted by molar-refractivity contribution is 5.74. The Bertz CT molecular complexity index is 445. The zero-order chi connectivity index (χ0) is 13.1. The van der Waals surface area contributed by atoms with Crippen molar-refractivity contribution in [1.82, 2.24) is 10.2 Å². The van der Waals surface area contributed by atoms with Crippen LogP contribution in [0.4, 0.5) is 0 Å². The van der Waals surface area contributed by atoms with E-state index in [0.717, 1.165) is 13.1 Å². The molecule has 1 atom stereocenters. The van der Waals surface area contributed by atoms with E-state index in [1.165, 1.54) is 16.7 Å². The van der Waals surface area contributed by atoms with Crippen LogP contribution in [0, 0.1) is 13.8 Å². The van der Waals surface area contributed by atoms with E-state index in [0.29, 0.717) is 13.1 Å². The van der Waals surface area contributed by atoms with Gasteiger partial charge in [-0.3, -0.25) is 9.69 Å². The van der Waals surface area contributed by atoms with E-state index in [-0.39, 0.29) is 0 Å². The Balaban J connectivity index is 2.13. The number of carbonyl (C=O) groups is 1. The fourth-order valence-electron chi connectivity index (χ4n) is 2.42. The number of carboxylic acids is 1. The summed E-state index contributed by atoms with van der Waals surface area (Å²) in [4.78, 5) is 13.3. The van der Waals surface area contributed by atoms with E-state index in [4.69, 9.17) is 0 Å². The maximum atomic E-state index is 11.2. The van der Waals surface area contributed by atoms with Crippen molar-refractivity contribution in [2.75, 3.05) is 19.6 Å². The maximum Gasteiger partial charge on any atom is 0.322 e. The predicted octanol–water partition coefficient (Wildman–Crippen LogP) is 1.16. The summed E-state index contributed by atoms with van der Waals surface area (Å²) in [5.41, 5.74) is 3.69. The second kappa shape index (κ2) is 5.50. The van der Waals surface area contributed by atoms with E-state index < -0.39 is 12.0 Å². The summed E-state index contributed by atoms with van der Waals surface area (Å²) in [6, 6.07) is 5.92. The predicted molar refractivity (Wildman–Crippen MR) is 70.6 cm³/mol. The monoisotopic (exact) mass is 248 g/mol. The number of nitrogens with one attached hydrogen (secondary N) is 1. The standard InChI is InChI=1S/C14H20N2O2/c1-10-3-4-12(11(2)7-10)9-16-6-5-15-8-13(16)14(17)18/h3-4,7,13,15H,5-6,8-9H2,1-2H3,(H,17,18). The van der Waals surface area contributed by atoms with Crippen molar-refractivity contribution in [3.63, 3.8) is 0 Å². The fourth-order valence-corrected chi connectivity index (χ4v) is 2.42. The zero-order valence-corrected chi connectivity index (χ0v) is 10.9. The van der Waals surface area contributed by atoms with Gasteiger partial charge < -0.3 is 10.4 Å². The zero-order valence-electron chi connectivity index (χ0n) is 10.9. The number of aliphatic carboxylic acids is 1. The van der Waals surface area contributed by atoms with Gasteiger partial charge in [-0.1, -0.05) is 23.8 Å². The molecule has 18 heavy (non-hydrogen) atoms. The molecule has 4 heteroatoms. The molecule has 0 aliphatic carbocycles. The number of hydrogen-bond donors (Lipinski definition) is 2. The molecule has 2 N–H and O–H groups in total. The van der Waals surface area contributed by atoms with Crippen molar-refractivity contribution < 1.29 is 9.90 Å². The molecule has 1 aromatic carbocycles. The highest BCUT2D eigenvalue weighted by atomic mass is 16.4. The van der Waals surface area contributed by atoms with E-state index in [2.05, 4.69) is 37.4 Å². The summed E-state index contributed by atoms with van der Waals surface area (Å²) in [6.07, 6.45) is 0. The molecule has 0 spiro atoms. The van der Waals surface area contributed by atoms with Crippen molar-refractivity contribution in [2.24, 2.45) is 0 Å². The second-order valence-electron chi connectivity index (χ2n) is 4.96. The lowest BCUT2D eigenvalue weighted by molar-refractivity contribution is -0.144. The molecule has 1 aromatic rings. The van der Waals surface area contributed by atoms with Crippen molar-refractivity contribution >= 4 is 5.97 Å². The maximum absolute atomic E-state index is 11.2. The van der Waals surface area contributed by atoms with Gasteiger partial charge in [0.1, 0.15) is 6.04 Å². The van der Waals surface area contributed by atoms with Gasteiger partial charge in [0, 0.05) is 26.2 Å².